The topological polar surface area (TPSA) is 107 Å². The summed E-state index contributed by atoms with van der Waals surface area (Å²) >= 11 is 0. The third-order valence-corrected chi connectivity index (χ3v) is 4.45. The van der Waals surface area contributed by atoms with Crippen LogP contribution in [0.15, 0.2) is 29.1 Å². The van der Waals surface area contributed by atoms with Crippen molar-refractivity contribution >= 4 is 22.7 Å². The number of hydrogen-bond acceptors (Lipinski definition) is 4. The minimum atomic E-state index is -0.768. The van der Waals surface area contributed by atoms with E-state index in [2.05, 4.69) is 24.1 Å². The van der Waals surface area contributed by atoms with E-state index in [1.165, 1.54) is 4.57 Å². The Bertz CT molecular complexity index is 888. The molecule has 1 aliphatic heterocycles. The number of para-hydroxylation sites is 1. The van der Waals surface area contributed by atoms with Gasteiger partial charge in [-0.25, -0.2) is 4.98 Å². The molecule has 7 heteroatoms. The number of primary amides is 1. The van der Waals surface area contributed by atoms with Crippen LogP contribution in [0, 0.1) is 5.92 Å². The minimum Gasteiger partial charge on any atom is -0.370 e. The predicted octanol–water partition coefficient (Wildman–Crippen LogP) is 1.42. The smallest absolute Gasteiger partial charge is 0.262 e. The van der Waals surface area contributed by atoms with Crippen LogP contribution in [0.3, 0.4) is 0 Å². The highest BCUT2D eigenvalue weighted by Crippen LogP contribution is 2.29. The van der Waals surface area contributed by atoms with Crippen molar-refractivity contribution in [3.8, 4) is 0 Å². The standard InChI is InChI=1S/C18H22N4O3/c1-10(2)9-13-16-20-12-6-4-3-5-11(12)18(25)22(16)14(17(24)21-13)7-8-15(19)23/h3-6,10,13-14H,7-9H2,1-2H3,(H2,19,23)(H,21,24)/t13-,14+/m1/s1. The molecule has 2 heterocycles. The molecule has 7 nitrogen and oxygen atoms in total. The number of aromatic nitrogens is 2. The average molecular weight is 342 g/mol. The van der Waals surface area contributed by atoms with E-state index < -0.39 is 11.9 Å². The van der Waals surface area contributed by atoms with Gasteiger partial charge in [-0.15, -0.1) is 0 Å². The summed E-state index contributed by atoms with van der Waals surface area (Å²) in [4.78, 5) is 41.4. The second-order valence-corrected chi connectivity index (χ2v) is 6.87. The van der Waals surface area contributed by atoms with E-state index in [1.54, 1.807) is 18.2 Å². The van der Waals surface area contributed by atoms with Crippen molar-refractivity contribution in [1.82, 2.24) is 14.9 Å². The molecule has 3 N–H and O–H groups in total. The van der Waals surface area contributed by atoms with Crippen LogP contribution in [-0.4, -0.2) is 21.4 Å². The summed E-state index contributed by atoms with van der Waals surface area (Å²) in [6.07, 6.45) is 0.896. The summed E-state index contributed by atoms with van der Waals surface area (Å²) in [7, 11) is 0. The van der Waals surface area contributed by atoms with Gasteiger partial charge in [0.25, 0.3) is 5.56 Å². The Labute approximate surface area is 145 Å². The van der Waals surface area contributed by atoms with Crippen LogP contribution in [0.4, 0.5) is 0 Å². The van der Waals surface area contributed by atoms with Gasteiger partial charge in [-0.3, -0.25) is 19.0 Å². The van der Waals surface area contributed by atoms with E-state index in [4.69, 9.17) is 5.73 Å². The fourth-order valence-electron chi connectivity index (χ4n) is 3.33. The normalized spacial score (nSPS) is 19.7. The predicted molar refractivity (Wildman–Crippen MR) is 93.8 cm³/mol. The summed E-state index contributed by atoms with van der Waals surface area (Å²) in [5, 5.41) is 3.42. The molecular formula is C18H22N4O3. The van der Waals surface area contributed by atoms with Gasteiger partial charge in [0.2, 0.25) is 11.8 Å². The highest BCUT2D eigenvalue weighted by molar-refractivity contribution is 5.84. The van der Waals surface area contributed by atoms with Crippen LogP contribution in [-0.2, 0) is 9.59 Å². The molecule has 0 spiro atoms. The molecule has 1 aromatic carbocycles. The number of nitrogens with zero attached hydrogens (tertiary/aromatic N) is 2. The first-order valence-electron chi connectivity index (χ1n) is 8.48. The van der Waals surface area contributed by atoms with Crippen molar-refractivity contribution in [1.29, 1.82) is 0 Å². The zero-order chi connectivity index (χ0) is 18.1. The van der Waals surface area contributed by atoms with Gasteiger partial charge in [0.1, 0.15) is 11.9 Å². The second kappa shape index (κ2) is 6.66. The lowest BCUT2D eigenvalue weighted by Gasteiger charge is -2.33. The molecule has 25 heavy (non-hydrogen) atoms. The maximum absolute atomic E-state index is 13.0. The number of rotatable bonds is 5. The van der Waals surface area contributed by atoms with Crippen molar-refractivity contribution in [2.75, 3.05) is 0 Å². The third-order valence-electron chi connectivity index (χ3n) is 4.45. The van der Waals surface area contributed by atoms with Crippen LogP contribution in [0.25, 0.3) is 10.9 Å². The first-order valence-corrected chi connectivity index (χ1v) is 8.48. The van der Waals surface area contributed by atoms with E-state index in [-0.39, 0.29) is 30.3 Å². The molecule has 2 aromatic rings. The molecule has 1 aliphatic rings. The maximum atomic E-state index is 13.0. The number of nitrogens with two attached hydrogens (primary N) is 1. The Morgan fingerprint density at radius 2 is 2.04 bits per heavy atom. The van der Waals surface area contributed by atoms with Crippen molar-refractivity contribution in [2.24, 2.45) is 11.7 Å². The Kier molecular flexibility index (Phi) is 4.57. The van der Waals surface area contributed by atoms with Gasteiger partial charge in [-0.1, -0.05) is 26.0 Å². The van der Waals surface area contributed by atoms with Crippen LogP contribution >= 0.6 is 0 Å². The summed E-state index contributed by atoms with van der Waals surface area (Å²) in [5.74, 6) is 0.106. The number of hydrogen-bond donors (Lipinski definition) is 2. The van der Waals surface area contributed by atoms with Gasteiger partial charge in [0.15, 0.2) is 0 Å². The molecule has 3 rings (SSSR count). The molecule has 0 saturated heterocycles. The van der Waals surface area contributed by atoms with Gasteiger partial charge in [-0.05, 0) is 30.9 Å². The van der Waals surface area contributed by atoms with Crippen molar-refractivity contribution in [3.05, 3.63) is 40.4 Å². The van der Waals surface area contributed by atoms with Gasteiger partial charge in [0.05, 0.1) is 16.9 Å². The van der Waals surface area contributed by atoms with Crippen LogP contribution in [0.2, 0.25) is 0 Å². The quantitative estimate of drug-likeness (QED) is 0.857. The van der Waals surface area contributed by atoms with Crippen molar-refractivity contribution in [2.45, 2.75) is 45.2 Å². The SMILES string of the molecule is CC(C)C[C@H]1NC(=O)[C@H](CCC(N)=O)n2c1nc1ccccc1c2=O. The van der Waals surface area contributed by atoms with Crippen LogP contribution in [0.5, 0.6) is 0 Å². The molecule has 1 aromatic heterocycles. The van der Waals surface area contributed by atoms with E-state index in [0.717, 1.165) is 0 Å². The molecule has 0 bridgehead atoms. The number of benzene rings is 1. The van der Waals surface area contributed by atoms with Crippen molar-refractivity contribution in [3.63, 3.8) is 0 Å². The monoisotopic (exact) mass is 342 g/mol. The fraction of sp³-hybridized carbons (Fsp3) is 0.444. The van der Waals surface area contributed by atoms with Gasteiger partial charge in [-0.2, -0.15) is 0 Å². The molecule has 2 amide bonds. The Morgan fingerprint density at radius 3 is 2.72 bits per heavy atom. The maximum Gasteiger partial charge on any atom is 0.262 e. The number of fused-ring (bicyclic) bond motifs is 2. The molecule has 0 aliphatic carbocycles. The summed E-state index contributed by atoms with van der Waals surface area (Å²) in [5.41, 5.74) is 5.58. The van der Waals surface area contributed by atoms with E-state index >= 15 is 0 Å². The number of amides is 2. The van der Waals surface area contributed by atoms with E-state index in [1.807, 2.05) is 6.07 Å². The average Bonchev–Trinajstić information content (AvgIpc) is 2.54. The molecule has 0 saturated carbocycles. The molecule has 0 radical (unpaired) electrons. The minimum absolute atomic E-state index is 0.0334. The number of carbonyl (C=O) groups is 2. The fourth-order valence-corrected chi connectivity index (χ4v) is 3.33. The zero-order valence-electron chi connectivity index (χ0n) is 14.4. The largest absolute Gasteiger partial charge is 0.370 e. The Hall–Kier alpha value is -2.70. The lowest BCUT2D eigenvalue weighted by Crippen LogP contribution is -2.48. The van der Waals surface area contributed by atoms with Gasteiger partial charge >= 0.3 is 0 Å². The molecular weight excluding hydrogens is 320 g/mol. The van der Waals surface area contributed by atoms with Crippen LogP contribution < -0.4 is 16.6 Å². The molecule has 0 unspecified atom stereocenters. The number of nitrogens with one attached hydrogen (secondary N) is 1. The molecule has 132 valence electrons. The van der Waals surface area contributed by atoms with E-state index in [9.17, 15) is 14.4 Å². The second-order valence-electron chi connectivity index (χ2n) is 6.87. The van der Waals surface area contributed by atoms with E-state index in [0.29, 0.717) is 29.1 Å². The molecule has 2 atom stereocenters. The van der Waals surface area contributed by atoms with Gasteiger partial charge < -0.3 is 11.1 Å². The summed E-state index contributed by atoms with van der Waals surface area (Å²) < 4.78 is 1.46. The lowest BCUT2D eigenvalue weighted by molar-refractivity contribution is -0.127. The zero-order valence-corrected chi connectivity index (χ0v) is 14.4. The Balaban J connectivity index is 2.18. The highest BCUT2D eigenvalue weighted by atomic mass is 16.2. The first-order chi connectivity index (χ1) is 11.9. The highest BCUT2D eigenvalue weighted by Gasteiger charge is 2.35. The molecule has 0 fully saturated rings. The first kappa shape index (κ1) is 17.1. The number of carbonyl (C=O) groups excluding carboxylic acids is 2. The van der Waals surface area contributed by atoms with Crippen LogP contribution in [0.1, 0.15) is 51.0 Å². The lowest BCUT2D eigenvalue weighted by atomic mass is 9.98. The van der Waals surface area contributed by atoms with Crippen molar-refractivity contribution < 1.29 is 9.59 Å². The Morgan fingerprint density at radius 1 is 1.32 bits per heavy atom. The third kappa shape index (κ3) is 3.26. The summed E-state index contributed by atoms with van der Waals surface area (Å²) in [6, 6.07) is 6.00. The summed E-state index contributed by atoms with van der Waals surface area (Å²) in [6.45, 7) is 4.10. The van der Waals surface area contributed by atoms with Gasteiger partial charge in [0, 0.05) is 6.42 Å².